The van der Waals surface area contributed by atoms with E-state index in [9.17, 15) is 9.59 Å². The Kier molecular flexibility index (Phi) is 5.15. The minimum atomic E-state index is -0.828. The molecular weight excluding hydrogens is 326 g/mol. The number of carbonyl (C=O) groups is 2. The lowest BCUT2D eigenvalue weighted by Crippen LogP contribution is -2.39. The van der Waals surface area contributed by atoms with Crippen LogP contribution >= 0.6 is 11.3 Å². The number of ether oxygens (including phenoxy) is 2. The Hall–Kier alpha value is -2.34. The topological polar surface area (TPSA) is 64.6 Å². The summed E-state index contributed by atoms with van der Waals surface area (Å²) >= 11 is 1.52. The average molecular weight is 345 g/mol. The predicted octanol–water partition coefficient (Wildman–Crippen LogP) is 2.86. The van der Waals surface area contributed by atoms with Crippen LogP contribution in [-0.2, 0) is 20.7 Å². The highest BCUT2D eigenvalue weighted by molar-refractivity contribution is 7.07. The zero-order valence-electron chi connectivity index (χ0n) is 13.4. The van der Waals surface area contributed by atoms with Crippen LogP contribution in [0.4, 0.5) is 0 Å². The van der Waals surface area contributed by atoms with Gasteiger partial charge in [-0.1, -0.05) is 18.2 Å². The standard InChI is InChI=1S/C18H19NO4S/c1-12(23-17(20)10-13-7-9-24-11-13)18(21)19-15-6-8-22-16-5-3-2-4-14(15)16/h2-5,7,9,11-12,15H,6,8,10H2,1H3,(H,19,21)/t12-,15-/m0/s1. The highest BCUT2D eigenvalue weighted by Crippen LogP contribution is 2.31. The molecule has 2 atom stereocenters. The van der Waals surface area contributed by atoms with Crippen molar-refractivity contribution in [2.75, 3.05) is 6.61 Å². The number of carbonyl (C=O) groups excluding carboxylic acids is 2. The van der Waals surface area contributed by atoms with E-state index in [2.05, 4.69) is 5.32 Å². The van der Waals surface area contributed by atoms with Gasteiger partial charge in [-0.3, -0.25) is 9.59 Å². The van der Waals surface area contributed by atoms with Crippen molar-refractivity contribution in [2.45, 2.75) is 31.9 Å². The van der Waals surface area contributed by atoms with E-state index in [1.54, 1.807) is 6.92 Å². The molecule has 3 rings (SSSR count). The summed E-state index contributed by atoms with van der Waals surface area (Å²) in [4.78, 5) is 24.2. The van der Waals surface area contributed by atoms with Gasteiger partial charge in [-0.05, 0) is 35.4 Å². The minimum Gasteiger partial charge on any atom is -0.493 e. The van der Waals surface area contributed by atoms with Crippen LogP contribution in [-0.4, -0.2) is 24.6 Å². The van der Waals surface area contributed by atoms with Crippen LogP contribution in [0.25, 0.3) is 0 Å². The quantitative estimate of drug-likeness (QED) is 0.847. The molecule has 1 amide bonds. The summed E-state index contributed by atoms with van der Waals surface area (Å²) in [5, 5.41) is 6.74. The Bertz CT molecular complexity index is 714. The van der Waals surface area contributed by atoms with Gasteiger partial charge in [0.2, 0.25) is 0 Å². The molecular formula is C18H19NO4S. The molecule has 0 fully saturated rings. The third-order valence-electron chi connectivity index (χ3n) is 3.88. The first-order chi connectivity index (χ1) is 11.6. The SMILES string of the molecule is C[C@H](OC(=O)Cc1ccsc1)C(=O)N[C@H]1CCOc2ccccc21. The van der Waals surface area contributed by atoms with Crippen molar-refractivity contribution in [3.8, 4) is 5.75 Å². The molecule has 0 radical (unpaired) electrons. The Labute approximate surface area is 144 Å². The van der Waals surface area contributed by atoms with Gasteiger partial charge < -0.3 is 14.8 Å². The van der Waals surface area contributed by atoms with Gasteiger partial charge in [0, 0.05) is 12.0 Å². The molecule has 0 bridgehead atoms. The van der Waals surface area contributed by atoms with Gasteiger partial charge >= 0.3 is 5.97 Å². The van der Waals surface area contributed by atoms with E-state index in [-0.39, 0.29) is 18.4 Å². The van der Waals surface area contributed by atoms with Crippen molar-refractivity contribution in [3.63, 3.8) is 0 Å². The molecule has 0 saturated carbocycles. The van der Waals surface area contributed by atoms with Crippen molar-refractivity contribution < 1.29 is 19.1 Å². The second-order valence-corrected chi connectivity index (χ2v) is 6.46. The number of fused-ring (bicyclic) bond motifs is 1. The maximum atomic E-state index is 12.3. The molecule has 126 valence electrons. The van der Waals surface area contributed by atoms with Crippen molar-refractivity contribution in [3.05, 3.63) is 52.2 Å². The molecule has 6 heteroatoms. The molecule has 1 aliphatic heterocycles. The van der Waals surface area contributed by atoms with Gasteiger partial charge in [0.15, 0.2) is 6.10 Å². The Morgan fingerprint density at radius 1 is 1.38 bits per heavy atom. The first kappa shape index (κ1) is 16.5. The average Bonchev–Trinajstić information content (AvgIpc) is 3.08. The van der Waals surface area contributed by atoms with Crippen molar-refractivity contribution in [1.82, 2.24) is 5.32 Å². The highest BCUT2D eigenvalue weighted by atomic mass is 32.1. The fraction of sp³-hybridized carbons (Fsp3) is 0.333. The molecule has 1 aliphatic rings. The molecule has 2 heterocycles. The molecule has 5 nitrogen and oxygen atoms in total. The van der Waals surface area contributed by atoms with E-state index in [1.807, 2.05) is 41.1 Å². The fourth-order valence-corrected chi connectivity index (χ4v) is 3.30. The van der Waals surface area contributed by atoms with Crippen molar-refractivity contribution in [1.29, 1.82) is 0 Å². The summed E-state index contributed by atoms with van der Waals surface area (Å²) in [7, 11) is 0. The normalized spacial score (nSPS) is 17.3. The zero-order chi connectivity index (χ0) is 16.9. The van der Waals surface area contributed by atoms with Crippen LogP contribution < -0.4 is 10.1 Å². The number of hydrogen-bond acceptors (Lipinski definition) is 5. The molecule has 0 unspecified atom stereocenters. The second kappa shape index (κ2) is 7.49. The van der Waals surface area contributed by atoms with Gasteiger partial charge in [0.1, 0.15) is 5.75 Å². The predicted molar refractivity (Wildman–Crippen MR) is 91.0 cm³/mol. The number of esters is 1. The molecule has 1 aromatic heterocycles. The first-order valence-corrected chi connectivity index (χ1v) is 8.80. The van der Waals surface area contributed by atoms with E-state index >= 15 is 0 Å². The van der Waals surface area contributed by atoms with Crippen molar-refractivity contribution >= 4 is 23.2 Å². The second-order valence-electron chi connectivity index (χ2n) is 5.68. The van der Waals surface area contributed by atoms with Crippen LogP contribution in [0.15, 0.2) is 41.1 Å². The number of hydrogen-bond donors (Lipinski definition) is 1. The molecule has 0 spiro atoms. The summed E-state index contributed by atoms with van der Waals surface area (Å²) in [6.07, 6.45) is 0.0469. The van der Waals surface area contributed by atoms with Crippen LogP contribution in [0.5, 0.6) is 5.75 Å². The molecule has 0 aliphatic carbocycles. The van der Waals surface area contributed by atoms with E-state index in [1.165, 1.54) is 11.3 Å². The van der Waals surface area contributed by atoms with Crippen LogP contribution in [0.1, 0.15) is 30.5 Å². The Morgan fingerprint density at radius 2 is 2.21 bits per heavy atom. The maximum absolute atomic E-state index is 12.3. The van der Waals surface area contributed by atoms with Gasteiger partial charge in [-0.25, -0.2) is 0 Å². The molecule has 1 N–H and O–H groups in total. The summed E-state index contributed by atoms with van der Waals surface area (Å²) < 4.78 is 10.8. The third kappa shape index (κ3) is 3.94. The number of para-hydroxylation sites is 1. The summed E-state index contributed by atoms with van der Waals surface area (Å²) in [6, 6.07) is 9.38. The monoisotopic (exact) mass is 345 g/mol. The van der Waals surface area contributed by atoms with Gasteiger partial charge in [-0.2, -0.15) is 11.3 Å². The molecule has 0 saturated heterocycles. The van der Waals surface area contributed by atoms with E-state index in [4.69, 9.17) is 9.47 Å². The van der Waals surface area contributed by atoms with Crippen LogP contribution in [0.2, 0.25) is 0 Å². The number of thiophene rings is 1. The molecule has 2 aromatic rings. The van der Waals surface area contributed by atoms with Gasteiger partial charge in [0.05, 0.1) is 19.1 Å². The van der Waals surface area contributed by atoms with Crippen LogP contribution in [0, 0.1) is 0 Å². The third-order valence-corrected chi connectivity index (χ3v) is 4.61. The zero-order valence-corrected chi connectivity index (χ0v) is 14.2. The van der Waals surface area contributed by atoms with Gasteiger partial charge in [0.25, 0.3) is 5.91 Å². The molecule has 1 aromatic carbocycles. The van der Waals surface area contributed by atoms with Crippen molar-refractivity contribution in [2.24, 2.45) is 0 Å². The Balaban J connectivity index is 1.56. The lowest BCUT2D eigenvalue weighted by atomic mass is 10.0. The van der Waals surface area contributed by atoms with E-state index in [0.29, 0.717) is 13.0 Å². The Morgan fingerprint density at radius 3 is 3.00 bits per heavy atom. The van der Waals surface area contributed by atoms with Gasteiger partial charge in [-0.15, -0.1) is 0 Å². The summed E-state index contributed by atoms with van der Waals surface area (Å²) in [6.45, 7) is 2.14. The number of nitrogens with one attached hydrogen (secondary N) is 1. The lowest BCUT2D eigenvalue weighted by Gasteiger charge is -2.27. The largest absolute Gasteiger partial charge is 0.493 e. The number of rotatable bonds is 5. The maximum Gasteiger partial charge on any atom is 0.311 e. The number of benzene rings is 1. The summed E-state index contributed by atoms with van der Waals surface area (Å²) in [5.41, 5.74) is 1.85. The smallest absolute Gasteiger partial charge is 0.311 e. The molecule has 24 heavy (non-hydrogen) atoms. The van der Waals surface area contributed by atoms with Crippen LogP contribution in [0.3, 0.4) is 0 Å². The highest BCUT2D eigenvalue weighted by Gasteiger charge is 2.26. The van der Waals surface area contributed by atoms with E-state index < -0.39 is 12.1 Å². The fourth-order valence-electron chi connectivity index (χ4n) is 2.63. The minimum absolute atomic E-state index is 0.125. The first-order valence-electron chi connectivity index (χ1n) is 7.86. The number of amides is 1. The summed E-state index contributed by atoms with van der Waals surface area (Å²) in [5.74, 6) is 0.0926. The lowest BCUT2D eigenvalue weighted by molar-refractivity contribution is -0.154. The van der Waals surface area contributed by atoms with E-state index in [0.717, 1.165) is 16.9 Å².